The van der Waals surface area contributed by atoms with E-state index in [2.05, 4.69) is 10.9 Å². The van der Waals surface area contributed by atoms with Crippen molar-refractivity contribution in [1.29, 1.82) is 0 Å². The molecular weight excluding hydrogens is 116 g/mol. The Kier molecular flexibility index (Phi) is 2.05. The Morgan fingerprint density at radius 2 is 2.33 bits per heavy atom. The van der Waals surface area contributed by atoms with Crippen LogP contribution >= 0.6 is 0 Å². The zero-order chi connectivity index (χ0) is 6.69. The lowest BCUT2D eigenvalue weighted by atomic mass is 10.4. The van der Waals surface area contributed by atoms with E-state index in [1.807, 2.05) is 0 Å². The van der Waals surface area contributed by atoms with Gasteiger partial charge in [0, 0.05) is 13.5 Å². The van der Waals surface area contributed by atoms with E-state index in [0.717, 1.165) is 12.5 Å². The number of amides is 1. The molecule has 1 rings (SSSR count). The van der Waals surface area contributed by atoms with E-state index in [1.165, 1.54) is 19.8 Å². The van der Waals surface area contributed by atoms with Gasteiger partial charge in [-0.2, -0.15) is 0 Å². The first kappa shape index (κ1) is 6.55. The van der Waals surface area contributed by atoms with Crippen molar-refractivity contribution >= 4 is 5.91 Å². The van der Waals surface area contributed by atoms with Crippen LogP contribution < -0.4 is 10.9 Å². The Hall–Kier alpha value is -0.570. The molecular formula is C6H12N2O. The van der Waals surface area contributed by atoms with Crippen LogP contribution in [-0.2, 0) is 4.79 Å². The first-order chi connectivity index (χ1) is 4.29. The van der Waals surface area contributed by atoms with Gasteiger partial charge in [0.25, 0.3) is 0 Å². The van der Waals surface area contributed by atoms with Crippen LogP contribution in [-0.4, -0.2) is 12.5 Å². The van der Waals surface area contributed by atoms with Crippen molar-refractivity contribution in [3.63, 3.8) is 0 Å². The lowest BCUT2D eigenvalue weighted by molar-refractivity contribution is -0.119. The lowest BCUT2D eigenvalue weighted by Gasteiger charge is -2.00. The highest BCUT2D eigenvalue weighted by Crippen LogP contribution is 2.27. The van der Waals surface area contributed by atoms with Crippen molar-refractivity contribution in [3.05, 3.63) is 0 Å². The van der Waals surface area contributed by atoms with Gasteiger partial charge in [-0.05, 0) is 18.8 Å². The van der Waals surface area contributed by atoms with E-state index in [4.69, 9.17) is 0 Å². The van der Waals surface area contributed by atoms with Crippen molar-refractivity contribution < 1.29 is 4.79 Å². The molecule has 0 bridgehead atoms. The van der Waals surface area contributed by atoms with Crippen LogP contribution in [0.2, 0.25) is 0 Å². The van der Waals surface area contributed by atoms with Gasteiger partial charge in [-0.25, -0.2) is 5.43 Å². The molecule has 0 saturated heterocycles. The summed E-state index contributed by atoms with van der Waals surface area (Å²) in [5.74, 6) is 0.799. The summed E-state index contributed by atoms with van der Waals surface area (Å²) in [6, 6.07) is 0. The van der Waals surface area contributed by atoms with Crippen molar-refractivity contribution in [2.45, 2.75) is 19.8 Å². The number of carbonyl (C=O) groups excluding carboxylic acids is 1. The number of carbonyl (C=O) groups is 1. The molecule has 52 valence electrons. The summed E-state index contributed by atoms with van der Waals surface area (Å²) in [6.45, 7) is 2.43. The monoisotopic (exact) mass is 128 g/mol. The first-order valence-corrected chi connectivity index (χ1v) is 3.28. The molecule has 1 aliphatic carbocycles. The van der Waals surface area contributed by atoms with Gasteiger partial charge >= 0.3 is 0 Å². The average molecular weight is 128 g/mol. The van der Waals surface area contributed by atoms with E-state index in [9.17, 15) is 4.79 Å². The topological polar surface area (TPSA) is 41.1 Å². The highest BCUT2D eigenvalue weighted by molar-refractivity contribution is 5.72. The minimum Gasteiger partial charge on any atom is -0.292 e. The molecule has 0 aliphatic heterocycles. The summed E-state index contributed by atoms with van der Waals surface area (Å²) in [5.41, 5.74) is 5.38. The molecule has 0 aromatic carbocycles. The molecule has 0 aromatic heterocycles. The third-order valence-electron chi connectivity index (χ3n) is 1.35. The molecule has 2 N–H and O–H groups in total. The SMILES string of the molecule is CC(=O)NNCC1CC1. The molecule has 3 heteroatoms. The van der Waals surface area contributed by atoms with Crippen LogP contribution in [0.1, 0.15) is 19.8 Å². The highest BCUT2D eigenvalue weighted by atomic mass is 16.2. The second kappa shape index (κ2) is 2.82. The van der Waals surface area contributed by atoms with Crippen molar-refractivity contribution in [2.24, 2.45) is 5.92 Å². The summed E-state index contributed by atoms with van der Waals surface area (Å²) >= 11 is 0. The zero-order valence-electron chi connectivity index (χ0n) is 5.61. The van der Waals surface area contributed by atoms with Crippen LogP contribution in [0.4, 0.5) is 0 Å². The zero-order valence-corrected chi connectivity index (χ0v) is 5.61. The minimum absolute atomic E-state index is 0.0179. The van der Waals surface area contributed by atoms with E-state index in [0.29, 0.717) is 0 Å². The fraction of sp³-hybridized carbons (Fsp3) is 0.833. The van der Waals surface area contributed by atoms with E-state index in [1.54, 1.807) is 0 Å². The average Bonchev–Trinajstić information content (AvgIpc) is 2.48. The minimum atomic E-state index is -0.0179. The number of hydrogen-bond acceptors (Lipinski definition) is 2. The quantitative estimate of drug-likeness (QED) is 0.527. The van der Waals surface area contributed by atoms with Gasteiger partial charge in [-0.1, -0.05) is 0 Å². The van der Waals surface area contributed by atoms with Gasteiger partial charge in [0.15, 0.2) is 0 Å². The normalized spacial score (nSPS) is 17.4. The Balaban J connectivity index is 1.86. The van der Waals surface area contributed by atoms with Crippen LogP contribution in [0.15, 0.2) is 0 Å². The number of hydrazine groups is 1. The first-order valence-electron chi connectivity index (χ1n) is 3.28. The second-order valence-corrected chi connectivity index (χ2v) is 2.51. The molecule has 0 heterocycles. The Morgan fingerprint density at radius 3 is 2.78 bits per heavy atom. The third kappa shape index (κ3) is 3.08. The Labute approximate surface area is 54.8 Å². The van der Waals surface area contributed by atoms with Crippen LogP contribution in [0.5, 0.6) is 0 Å². The summed E-state index contributed by atoms with van der Waals surface area (Å²) in [4.78, 5) is 10.3. The van der Waals surface area contributed by atoms with Crippen LogP contribution in [0, 0.1) is 5.92 Å². The summed E-state index contributed by atoms with van der Waals surface area (Å²) < 4.78 is 0. The standard InChI is InChI=1S/C6H12N2O/c1-5(9)8-7-4-6-2-3-6/h6-7H,2-4H2,1H3,(H,8,9). The molecule has 1 amide bonds. The van der Waals surface area contributed by atoms with Crippen molar-refractivity contribution in [1.82, 2.24) is 10.9 Å². The van der Waals surface area contributed by atoms with Gasteiger partial charge in [0.2, 0.25) is 5.91 Å². The van der Waals surface area contributed by atoms with Gasteiger partial charge in [0.1, 0.15) is 0 Å². The fourth-order valence-corrected chi connectivity index (χ4v) is 0.642. The Bertz CT molecular complexity index is 110. The molecule has 1 aliphatic rings. The van der Waals surface area contributed by atoms with E-state index in [-0.39, 0.29) is 5.91 Å². The number of hydrogen-bond donors (Lipinski definition) is 2. The summed E-state index contributed by atoms with van der Waals surface area (Å²) in [7, 11) is 0. The fourth-order valence-electron chi connectivity index (χ4n) is 0.642. The molecule has 0 unspecified atom stereocenters. The van der Waals surface area contributed by atoms with Gasteiger partial charge in [0.05, 0.1) is 0 Å². The molecule has 0 spiro atoms. The lowest BCUT2D eigenvalue weighted by Crippen LogP contribution is -2.36. The van der Waals surface area contributed by atoms with Gasteiger partial charge in [-0.15, -0.1) is 0 Å². The summed E-state index contributed by atoms with van der Waals surface area (Å²) in [5, 5.41) is 0. The highest BCUT2D eigenvalue weighted by Gasteiger charge is 2.20. The largest absolute Gasteiger partial charge is 0.292 e. The molecule has 0 radical (unpaired) electrons. The molecule has 1 saturated carbocycles. The van der Waals surface area contributed by atoms with E-state index < -0.39 is 0 Å². The molecule has 1 fully saturated rings. The van der Waals surface area contributed by atoms with Crippen molar-refractivity contribution in [3.8, 4) is 0 Å². The number of rotatable bonds is 3. The second-order valence-electron chi connectivity index (χ2n) is 2.51. The summed E-state index contributed by atoms with van der Waals surface area (Å²) in [6.07, 6.45) is 2.62. The van der Waals surface area contributed by atoms with Crippen LogP contribution in [0.3, 0.4) is 0 Å². The molecule has 0 aromatic rings. The maximum atomic E-state index is 10.3. The predicted molar refractivity (Wildman–Crippen MR) is 34.5 cm³/mol. The predicted octanol–water partition coefficient (Wildman–Crippen LogP) is 0.0371. The van der Waals surface area contributed by atoms with Crippen LogP contribution in [0.25, 0.3) is 0 Å². The van der Waals surface area contributed by atoms with E-state index >= 15 is 0 Å². The Morgan fingerprint density at radius 1 is 1.67 bits per heavy atom. The molecule has 0 atom stereocenters. The maximum Gasteiger partial charge on any atom is 0.230 e. The van der Waals surface area contributed by atoms with Gasteiger partial charge < -0.3 is 0 Å². The third-order valence-corrected chi connectivity index (χ3v) is 1.35. The molecule has 9 heavy (non-hydrogen) atoms. The van der Waals surface area contributed by atoms with Crippen molar-refractivity contribution in [2.75, 3.05) is 6.54 Å². The number of nitrogens with one attached hydrogen (secondary N) is 2. The van der Waals surface area contributed by atoms with Gasteiger partial charge in [-0.3, -0.25) is 10.2 Å². The maximum absolute atomic E-state index is 10.3. The smallest absolute Gasteiger partial charge is 0.230 e. The molecule has 3 nitrogen and oxygen atoms in total.